The number of hydrogen-bond acceptors (Lipinski definition) is 4. The quantitative estimate of drug-likeness (QED) is 0.825. The zero-order valence-corrected chi connectivity index (χ0v) is 13.9. The molecule has 1 fully saturated rings. The molecule has 1 saturated heterocycles. The van der Waals surface area contributed by atoms with E-state index in [1.165, 1.54) is 0 Å². The first kappa shape index (κ1) is 15.8. The second-order valence-corrected chi connectivity index (χ2v) is 6.54. The van der Waals surface area contributed by atoms with Crippen molar-refractivity contribution in [2.45, 2.75) is 33.2 Å². The highest BCUT2D eigenvalue weighted by Gasteiger charge is 2.31. The van der Waals surface area contributed by atoms with Crippen molar-refractivity contribution in [1.82, 2.24) is 19.6 Å². The third kappa shape index (κ3) is 3.05. The van der Waals surface area contributed by atoms with E-state index in [-0.39, 0.29) is 11.4 Å². The second kappa shape index (κ2) is 5.67. The molecule has 6 nitrogen and oxygen atoms in total. The van der Waals surface area contributed by atoms with Crippen LogP contribution in [0.3, 0.4) is 0 Å². The van der Waals surface area contributed by atoms with E-state index >= 15 is 0 Å². The smallest absolute Gasteiger partial charge is 0.261 e. The van der Waals surface area contributed by atoms with Gasteiger partial charge in [-0.15, -0.1) is 0 Å². The summed E-state index contributed by atoms with van der Waals surface area (Å²) >= 11 is 0. The van der Waals surface area contributed by atoms with Crippen LogP contribution in [-0.4, -0.2) is 64.3 Å². The largest absolute Gasteiger partial charge is 0.481 e. The van der Waals surface area contributed by atoms with Crippen molar-refractivity contribution in [1.29, 1.82) is 0 Å². The van der Waals surface area contributed by atoms with Gasteiger partial charge in [0.25, 0.3) is 5.91 Å². The number of carbonyl (C=O) groups is 1. The Morgan fingerprint density at radius 3 is 2.24 bits per heavy atom. The first-order chi connectivity index (χ1) is 9.75. The fraction of sp³-hybridized carbons (Fsp3) is 0.733. The molecule has 0 unspecified atom stereocenters. The zero-order chi connectivity index (χ0) is 15.8. The van der Waals surface area contributed by atoms with E-state index < -0.39 is 0 Å². The lowest BCUT2D eigenvalue weighted by Gasteiger charge is -2.42. The van der Waals surface area contributed by atoms with Gasteiger partial charge < -0.3 is 9.64 Å². The van der Waals surface area contributed by atoms with Crippen molar-refractivity contribution in [2.24, 2.45) is 7.05 Å². The summed E-state index contributed by atoms with van der Waals surface area (Å²) < 4.78 is 6.95. The number of carbonyl (C=O) groups excluding carboxylic acids is 1. The van der Waals surface area contributed by atoms with Gasteiger partial charge in [-0.05, 0) is 27.7 Å². The van der Waals surface area contributed by atoms with Crippen molar-refractivity contribution in [2.75, 3.05) is 33.3 Å². The molecule has 2 heterocycles. The molecule has 0 bridgehead atoms. The van der Waals surface area contributed by atoms with Gasteiger partial charge in [-0.3, -0.25) is 9.69 Å². The molecule has 2 rings (SSSR count). The van der Waals surface area contributed by atoms with Gasteiger partial charge in [-0.25, -0.2) is 4.68 Å². The van der Waals surface area contributed by atoms with E-state index in [9.17, 15) is 4.79 Å². The number of aryl methyl sites for hydroxylation is 2. The van der Waals surface area contributed by atoms with Crippen LogP contribution in [0.5, 0.6) is 5.88 Å². The number of aromatic nitrogens is 2. The molecule has 21 heavy (non-hydrogen) atoms. The molecule has 6 heteroatoms. The van der Waals surface area contributed by atoms with Crippen LogP contribution < -0.4 is 4.74 Å². The van der Waals surface area contributed by atoms with Crippen molar-refractivity contribution in [3.05, 3.63) is 11.3 Å². The number of rotatable bonds is 2. The standard InChI is InChI=1S/C15H26N4O2/c1-11-12(14(21-6)17(5)16-11)13(20)18-7-9-19(10-8-18)15(2,3)4/h7-10H2,1-6H3. The molecule has 1 amide bonds. The fourth-order valence-electron chi connectivity index (χ4n) is 2.86. The summed E-state index contributed by atoms with van der Waals surface area (Å²) in [4.78, 5) is 17.0. The molecule has 1 aliphatic rings. The molecule has 1 aromatic heterocycles. The van der Waals surface area contributed by atoms with Crippen LogP contribution in [0.4, 0.5) is 0 Å². The van der Waals surface area contributed by atoms with E-state index in [2.05, 4.69) is 30.8 Å². The van der Waals surface area contributed by atoms with Gasteiger partial charge in [0.2, 0.25) is 5.88 Å². The number of piperazine rings is 1. The summed E-state index contributed by atoms with van der Waals surface area (Å²) in [6.45, 7) is 11.8. The number of amides is 1. The van der Waals surface area contributed by atoms with E-state index in [1.54, 1.807) is 18.8 Å². The molecule has 0 saturated carbocycles. The summed E-state index contributed by atoms with van der Waals surface area (Å²) in [5.74, 6) is 0.557. The maximum absolute atomic E-state index is 12.7. The number of hydrogen-bond donors (Lipinski definition) is 0. The average Bonchev–Trinajstić information content (AvgIpc) is 2.71. The van der Waals surface area contributed by atoms with Crippen LogP contribution in [0.2, 0.25) is 0 Å². The number of ether oxygens (including phenoxy) is 1. The van der Waals surface area contributed by atoms with E-state index in [0.29, 0.717) is 11.4 Å². The Morgan fingerprint density at radius 1 is 1.19 bits per heavy atom. The van der Waals surface area contributed by atoms with Crippen LogP contribution in [0, 0.1) is 6.92 Å². The number of methoxy groups -OCH3 is 1. The first-order valence-electron chi connectivity index (χ1n) is 7.37. The predicted octanol–water partition coefficient (Wildman–Crippen LogP) is 1.29. The molecule has 1 aromatic rings. The second-order valence-electron chi connectivity index (χ2n) is 6.54. The lowest BCUT2D eigenvalue weighted by Crippen LogP contribution is -2.54. The van der Waals surface area contributed by atoms with Crippen molar-refractivity contribution in [3.63, 3.8) is 0 Å². The highest BCUT2D eigenvalue weighted by atomic mass is 16.5. The summed E-state index contributed by atoms with van der Waals surface area (Å²) in [6.07, 6.45) is 0. The fourth-order valence-corrected chi connectivity index (χ4v) is 2.86. The minimum absolute atomic E-state index is 0.0195. The highest BCUT2D eigenvalue weighted by Crippen LogP contribution is 2.24. The van der Waals surface area contributed by atoms with E-state index in [4.69, 9.17) is 4.74 Å². The molecule has 1 aliphatic heterocycles. The Balaban J connectivity index is 2.13. The molecule has 0 radical (unpaired) electrons. The van der Waals surface area contributed by atoms with Gasteiger partial charge in [-0.2, -0.15) is 5.10 Å². The van der Waals surface area contributed by atoms with Crippen molar-refractivity contribution >= 4 is 5.91 Å². The van der Waals surface area contributed by atoms with Crippen LogP contribution in [0.15, 0.2) is 0 Å². The van der Waals surface area contributed by atoms with E-state index in [0.717, 1.165) is 31.9 Å². The molecule has 118 valence electrons. The Hall–Kier alpha value is -1.56. The third-order valence-electron chi connectivity index (χ3n) is 4.09. The van der Waals surface area contributed by atoms with Gasteiger partial charge in [0.1, 0.15) is 5.56 Å². The Labute approximate surface area is 126 Å². The van der Waals surface area contributed by atoms with Crippen LogP contribution in [0.1, 0.15) is 36.8 Å². The minimum Gasteiger partial charge on any atom is -0.481 e. The minimum atomic E-state index is 0.0195. The molecule has 0 aliphatic carbocycles. The molecular weight excluding hydrogens is 268 g/mol. The van der Waals surface area contributed by atoms with E-state index in [1.807, 2.05) is 11.8 Å². The highest BCUT2D eigenvalue weighted by molar-refractivity contribution is 5.97. The molecule has 0 atom stereocenters. The SMILES string of the molecule is COc1c(C(=O)N2CCN(C(C)(C)C)CC2)c(C)nn1C. The van der Waals surface area contributed by atoms with Crippen LogP contribution in [-0.2, 0) is 7.05 Å². The lowest BCUT2D eigenvalue weighted by molar-refractivity contribution is 0.0448. The molecule has 0 spiro atoms. The molecular formula is C15H26N4O2. The lowest BCUT2D eigenvalue weighted by atomic mass is 10.0. The maximum atomic E-state index is 12.7. The third-order valence-corrected chi connectivity index (χ3v) is 4.09. The number of nitrogens with zero attached hydrogens (tertiary/aromatic N) is 4. The summed E-state index contributed by atoms with van der Waals surface area (Å²) in [5, 5.41) is 4.29. The van der Waals surface area contributed by atoms with Gasteiger partial charge in [0, 0.05) is 38.8 Å². The Kier molecular flexibility index (Phi) is 4.27. The summed E-state index contributed by atoms with van der Waals surface area (Å²) in [5.41, 5.74) is 1.46. The van der Waals surface area contributed by atoms with Gasteiger partial charge in [0.05, 0.1) is 12.8 Å². The first-order valence-corrected chi connectivity index (χ1v) is 7.37. The Bertz CT molecular complexity index is 523. The maximum Gasteiger partial charge on any atom is 0.261 e. The van der Waals surface area contributed by atoms with Crippen LogP contribution >= 0.6 is 0 Å². The normalized spacial score (nSPS) is 17.1. The predicted molar refractivity (Wildman–Crippen MR) is 81.7 cm³/mol. The Morgan fingerprint density at radius 2 is 1.76 bits per heavy atom. The molecule has 0 aromatic carbocycles. The van der Waals surface area contributed by atoms with Gasteiger partial charge in [0.15, 0.2) is 0 Å². The zero-order valence-electron chi connectivity index (χ0n) is 13.9. The monoisotopic (exact) mass is 294 g/mol. The summed E-state index contributed by atoms with van der Waals surface area (Å²) in [6, 6.07) is 0. The van der Waals surface area contributed by atoms with Gasteiger partial charge >= 0.3 is 0 Å². The molecule has 0 N–H and O–H groups in total. The van der Waals surface area contributed by atoms with Crippen LogP contribution in [0.25, 0.3) is 0 Å². The van der Waals surface area contributed by atoms with Crippen molar-refractivity contribution < 1.29 is 9.53 Å². The van der Waals surface area contributed by atoms with Gasteiger partial charge in [-0.1, -0.05) is 0 Å². The topological polar surface area (TPSA) is 50.6 Å². The summed E-state index contributed by atoms with van der Waals surface area (Å²) in [7, 11) is 3.37. The van der Waals surface area contributed by atoms with Crippen molar-refractivity contribution in [3.8, 4) is 5.88 Å². The average molecular weight is 294 g/mol.